The highest BCUT2D eigenvalue weighted by atomic mass is 16.6. The molecule has 422 valence electrons. The summed E-state index contributed by atoms with van der Waals surface area (Å²) < 4.78 is 80.9. The van der Waals surface area contributed by atoms with Crippen molar-refractivity contribution < 1.29 is 124 Å². The third-order valence-electron chi connectivity index (χ3n) is 10.8. The summed E-state index contributed by atoms with van der Waals surface area (Å²) in [5.74, 6) is -19.0. The lowest BCUT2D eigenvalue weighted by Crippen LogP contribution is -2.40. The lowest BCUT2D eigenvalue weighted by Gasteiger charge is -2.42. The second kappa shape index (κ2) is 24.6. The minimum atomic E-state index is -1.90. The molecule has 6 rings (SSSR count). The van der Waals surface area contributed by atoms with Gasteiger partial charge in [-0.15, -0.1) is 0 Å². The number of rotatable bonds is 15. The summed E-state index contributed by atoms with van der Waals surface area (Å²) in [6, 6.07) is 7.78. The zero-order valence-electron chi connectivity index (χ0n) is 44.7. The Bertz CT molecular complexity index is 3220. The molecule has 0 saturated heterocycles. The number of ether oxygens (including phenoxy) is 14. The molecule has 0 spiro atoms. The molecule has 0 aromatic heterocycles. The minimum absolute atomic E-state index is 0.123. The maximum Gasteiger partial charge on any atom is 0.308 e. The normalized spacial score (nSPS) is 16.6. The molecule has 5 atom stereocenters. The van der Waals surface area contributed by atoms with Crippen molar-refractivity contribution in [2.24, 2.45) is 0 Å². The van der Waals surface area contributed by atoms with E-state index in [0.717, 1.165) is 126 Å². The molecule has 4 aromatic carbocycles. The number of fused-ring (bicyclic) bond motifs is 2. The van der Waals surface area contributed by atoms with Gasteiger partial charge in [0.25, 0.3) is 0 Å². The number of carbonyl (C=O) groups is 12. The average Bonchev–Trinajstić information content (AvgIpc) is 3.51. The Morgan fingerprint density at radius 2 is 0.738 bits per heavy atom. The van der Waals surface area contributed by atoms with Crippen molar-refractivity contribution in [1.29, 1.82) is 0 Å². The first kappa shape index (κ1) is 59.4. The molecule has 0 unspecified atom stereocenters. The van der Waals surface area contributed by atoms with Crippen LogP contribution in [0.2, 0.25) is 0 Å². The van der Waals surface area contributed by atoms with Crippen LogP contribution >= 0.6 is 0 Å². The van der Waals surface area contributed by atoms with Crippen molar-refractivity contribution in [3.05, 3.63) is 70.3 Å². The Labute approximate surface area is 453 Å². The summed E-state index contributed by atoms with van der Waals surface area (Å²) in [6.45, 7) is 12.1. The molecule has 2 aliphatic rings. The fourth-order valence-electron chi connectivity index (χ4n) is 8.70. The van der Waals surface area contributed by atoms with E-state index in [2.05, 4.69) is 0 Å². The molecule has 0 saturated carbocycles. The van der Waals surface area contributed by atoms with Crippen LogP contribution in [0.3, 0.4) is 0 Å². The predicted molar refractivity (Wildman–Crippen MR) is 262 cm³/mol. The molecule has 0 radical (unpaired) electrons. The van der Waals surface area contributed by atoms with Crippen LogP contribution in [0, 0.1) is 0 Å². The Morgan fingerprint density at radius 1 is 0.362 bits per heavy atom. The van der Waals surface area contributed by atoms with Gasteiger partial charge in [0, 0.05) is 136 Å². The Balaban J connectivity index is 1.85. The van der Waals surface area contributed by atoms with E-state index in [1.807, 2.05) is 0 Å². The van der Waals surface area contributed by atoms with E-state index in [0.29, 0.717) is 0 Å². The van der Waals surface area contributed by atoms with Crippen LogP contribution < -0.4 is 56.8 Å². The zero-order chi connectivity index (χ0) is 59.2. The molecule has 0 aliphatic carbocycles. The summed E-state index contributed by atoms with van der Waals surface area (Å²) in [4.78, 5) is 154. The summed E-state index contributed by atoms with van der Waals surface area (Å²) in [5.41, 5.74) is -1.03. The second-order valence-corrected chi connectivity index (χ2v) is 17.5. The molecule has 0 amide bonds. The van der Waals surface area contributed by atoms with Gasteiger partial charge in [-0.25, -0.2) is 0 Å². The van der Waals surface area contributed by atoms with Gasteiger partial charge in [-0.3, -0.25) is 57.5 Å². The maximum atomic E-state index is 13.7. The van der Waals surface area contributed by atoms with Gasteiger partial charge in [-0.1, -0.05) is 0 Å². The zero-order valence-corrected chi connectivity index (χ0v) is 44.7. The minimum Gasteiger partial charge on any atom is -0.481 e. The lowest BCUT2D eigenvalue weighted by atomic mass is 9.77. The van der Waals surface area contributed by atoms with E-state index in [-0.39, 0.29) is 45.1 Å². The van der Waals surface area contributed by atoms with E-state index in [1.165, 1.54) is 0 Å². The van der Waals surface area contributed by atoms with E-state index >= 15 is 0 Å². The van der Waals surface area contributed by atoms with Gasteiger partial charge in [-0.05, 0) is 24.3 Å². The van der Waals surface area contributed by atoms with Gasteiger partial charge in [0.15, 0.2) is 41.3 Å². The highest BCUT2D eigenvalue weighted by Gasteiger charge is 2.51. The number of hydrogen-bond acceptors (Lipinski definition) is 26. The molecule has 4 aromatic rings. The van der Waals surface area contributed by atoms with E-state index in [1.54, 1.807) is 0 Å². The van der Waals surface area contributed by atoms with Crippen LogP contribution in [0.5, 0.6) is 69.0 Å². The monoisotopic (exact) mass is 1110 g/mol. The molecule has 0 N–H and O–H groups in total. The van der Waals surface area contributed by atoms with Gasteiger partial charge >= 0.3 is 71.6 Å². The third-order valence-corrected chi connectivity index (χ3v) is 10.8. The fourth-order valence-corrected chi connectivity index (χ4v) is 8.70. The second-order valence-electron chi connectivity index (χ2n) is 17.5. The topological polar surface area (TPSA) is 334 Å². The summed E-state index contributed by atoms with van der Waals surface area (Å²) in [7, 11) is 0. The smallest absolute Gasteiger partial charge is 0.308 e. The van der Waals surface area contributed by atoms with Crippen LogP contribution in [0.15, 0.2) is 42.5 Å². The van der Waals surface area contributed by atoms with Crippen LogP contribution in [0.25, 0.3) is 0 Å². The van der Waals surface area contributed by atoms with Crippen molar-refractivity contribution in [3.63, 3.8) is 0 Å². The molecule has 2 aliphatic heterocycles. The average molecular weight is 1110 g/mol. The van der Waals surface area contributed by atoms with Gasteiger partial charge in [0.1, 0.15) is 40.6 Å². The molecule has 0 bridgehead atoms. The Hall–Kier alpha value is -9.88. The SMILES string of the molecule is CC(=O)Oc1cc(OC(C)=O)c2c(c1)O[C@H](c1cc(OC(C)=O)c(OC(C)=O)c(OC(C)=O)c1)[C@@H](OC(C)=O)[C@@H]2c1c(OC(C)=O)cc(OC(C)=O)c2c1O[C@H](c1cc(OC(C)=O)c(OC(C)=O)c(OC(C)=O)c1)[C@@H](OC(C)=O)C2. The summed E-state index contributed by atoms with van der Waals surface area (Å²) in [6.07, 6.45) is -7.36. The van der Waals surface area contributed by atoms with Gasteiger partial charge < -0.3 is 66.3 Å². The van der Waals surface area contributed by atoms with Crippen LogP contribution in [-0.4, -0.2) is 83.8 Å². The van der Waals surface area contributed by atoms with Crippen molar-refractivity contribution >= 4 is 71.6 Å². The van der Waals surface area contributed by atoms with Crippen LogP contribution in [0.4, 0.5) is 0 Å². The highest BCUT2D eigenvalue weighted by Crippen LogP contribution is 2.60. The van der Waals surface area contributed by atoms with Gasteiger partial charge in [0.2, 0.25) is 11.5 Å². The van der Waals surface area contributed by atoms with Crippen molar-refractivity contribution in [2.75, 3.05) is 0 Å². The van der Waals surface area contributed by atoms with Crippen molar-refractivity contribution in [1.82, 2.24) is 0 Å². The molecule has 2 heterocycles. The lowest BCUT2D eigenvalue weighted by molar-refractivity contribution is -0.154. The fraction of sp³-hybridized carbons (Fsp3) is 0.333. The van der Waals surface area contributed by atoms with Gasteiger partial charge in [0.05, 0.1) is 5.92 Å². The highest BCUT2D eigenvalue weighted by molar-refractivity contribution is 5.82. The maximum absolute atomic E-state index is 13.7. The molecule has 80 heavy (non-hydrogen) atoms. The number of hydrogen-bond donors (Lipinski definition) is 0. The summed E-state index contributed by atoms with van der Waals surface area (Å²) >= 11 is 0. The Kier molecular flexibility index (Phi) is 18.3. The van der Waals surface area contributed by atoms with Crippen LogP contribution in [-0.2, 0) is 73.4 Å². The molecule has 26 nitrogen and oxygen atoms in total. The molecule has 0 fully saturated rings. The quantitative estimate of drug-likeness (QED) is 0.101. The third kappa shape index (κ3) is 14.4. The number of esters is 12. The van der Waals surface area contributed by atoms with Crippen molar-refractivity contribution in [3.8, 4) is 69.0 Å². The van der Waals surface area contributed by atoms with E-state index < -0.39 is 160 Å². The van der Waals surface area contributed by atoms with E-state index in [9.17, 15) is 57.5 Å². The summed E-state index contributed by atoms with van der Waals surface area (Å²) in [5, 5.41) is 0. The van der Waals surface area contributed by atoms with Gasteiger partial charge in [-0.2, -0.15) is 0 Å². The number of benzene rings is 4. The molecule has 26 heteroatoms. The molecular weight excluding hydrogens is 1060 g/mol. The first-order valence-corrected chi connectivity index (χ1v) is 23.7. The first-order valence-electron chi connectivity index (χ1n) is 23.7. The standard InChI is InChI=1S/C54H50O26/c1-21(55)67-35-17-38(69-23(3)57)46-39(18-35)79-50(34-15-43(73-27(7)61)53(77-31(11)65)44(16-34)74-28(8)62)54(78-32(12)66)48(46)47-40(70-24(4)58)20-37(68-22(2)56)36-19-45(75-29(9)63)49(80-51(36)47)33-13-41(71-25(5)59)52(76-30(10)64)42(14-33)72-26(6)60/h13-18,20,45,48-50,54H,19H2,1-12H3/t45-,48-,49+,50+,54-/m0/s1. The van der Waals surface area contributed by atoms with Crippen molar-refractivity contribution in [2.45, 2.75) is 120 Å². The largest absolute Gasteiger partial charge is 0.481 e. The number of carbonyl (C=O) groups excluding carboxylic acids is 12. The Morgan fingerprint density at radius 3 is 1.14 bits per heavy atom. The molecular formula is C54H50O26. The predicted octanol–water partition coefficient (Wildman–Crippen LogP) is 5.74. The van der Waals surface area contributed by atoms with E-state index in [4.69, 9.17) is 66.3 Å². The van der Waals surface area contributed by atoms with Crippen LogP contribution in [0.1, 0.15) is 129 Å². The first-order chi connectivity index (χ1) is 37.5.